The minimum absolute atomic E-state index is 0.0690. The van der Waals surface area contributed by atoms with Gasteiger partial charge in [-0.15, -0.1) is 0 Å². The Morgan fingerprint density at radius 2 is 1.78 bits per heavy atom. The van der Waals surface area contributed by atoms with Crippen LogP contribution in [0.3, 0.4) is 0 Å². The van der Waals surface area contributed by atoms with Gasteiger partial charge < -0.3 is 5.32 Å². The van der Waals surface area contributed by atoms with Gasteiger partial charge >= 0.3 is 0 Å². The molecule has 0 amide bonds. The van der Waals surface area contributed by atoms with Crippen LogP contribution in [-0.2, 0) is 4.79 Å². The molecule has 1 atom stereocenters. The summed E-state index contributed by atoms with van der Waals surface area (Å²) in [6.07, 6.45) is 12.1. The summed E-state index contributed by atoms with van der Waals surface area (Å²) in [7, 11) is 0. The molecule has 1 saturated heterocycles. The molecule has 0 bridgehead atoms. The third-order valence-electron chi connectivity index (χ3n) is 4.28. The maximum atomic E-state index is 12.2. The lowest BCUT2D eigenvalue weighted by molar-refractivity contribution is -0.128. The SMILES string of the molecule is CCCCCCCCCC(=O)C1(C)CCCNC1. The van der Waals surface area contributed by atoms with Crippen molar-refractivity contribution in [2.45, 2.75) is 78.1 Å². The summed E-state index contributed by atoms with van der Waals surface area (Å²) in [5.41, 5.74) is -0.0690. The molecule has 0 aromatic heterocycles. The highest BCUT2D eigenvalue weighted by Gasteiger charge is 2.33. The Labute approximate surface area is 113 Å². The van der Waals surface area contributed by atoms with Crippen molar-refractivity contribution >= 4 is 5.78 Å². The molecule has 1 rings (SSSR count). The number of hydrogen-bond donors (Lipinski definition) is 1. The second-order valence-electron chi connectivity index (χ2n) is 6.14. The van der Waals surface area contributed by atoms with E-state index >= 15 is 0 Å². The van der Waals surface area contributed by atoms with Crippen molar-refractivity contribution < 1.29 is 4.79 Å². The predicted octanol–water partition coefficient (Wildman–Crippen LogP) is 4.09. The molecule has 1 N–H and O–H groups in total. The van der Waals surface area contributed by atoms with Gasteiger partial charge in [0, 0.05) is 18.4 Å². The third kappa shape index (κ3) is 5.51. The van der Waals surface area contributed by atoms with E-state index in [9.17, 15) is 4.79 Å². The molecule has 0 spiro atoms. The number of ketones is 1. The standard InChI is InChI=1S/C16H31NO/c1-3-4-5-6-7-8-9-11-15(18)16(2)12-10-13-17-14-16/h17H,3-14H2,1-2H3. The topological polar surface area (TPSA) is 29.1 Å². The first-order valence-electron chi connectivity index (χ1n) is 7.93. The number of nitrogens with one attached hydrogen (secondary N) is 1. The molecule has 0 radical (unpaired) electrons. The van der Waals surface area contributed by atoms with Crippen molar-refractivity contribution in [2.24, 2.45) is 5.41 Å². The summed E-state index contributed by atoms with van der Waals surface area (Å²) < 4.78 is 0. The Kier molecular flexibility index (Phi) is 7.57. The Morgan fingerprint density at radius 3 is 2.39 bits per heavy atom. The van der Waals surface area contributed by atoms with Crippen LogP contribution < -0.4 is 5.32 Å². The van der Waals surface area contributed by atoms with Crippen molar-refractivity contribution in [3.63, 3.8) is 0 Å². The highest BCUT2D eigenvalue weighted by molar-refractivity contribution is 5.84. The van der Waals surface area contributed by atoms with E-state index in [1.54, 1.807) is 0 Å². The number of piperidine rings is 1. The average molecular weight is 253 g/mol. The van der Waals surface area contributed by atoms with E-state index in [0.29, 0.717) is 5.78 Å². The van der Waals surface area contributed by atoms with Crippen LogP contribution >= 0.6 is 0 Å². The zero-order valence-corrected chi connectivity index (χ0v) is 12.4. The normalized spacial score (nSPS) is 24.1. The number of Topliss-reactive ketones (excluding diaryl/α,β-unsaturated/α-hetero) is 1. The van der Waals surface area contributed by atoms with Crippen LogP contribution in [0.15, 0.2) is 0 Å². The summed E-state index contributed by atoms with van der Waals surface area (Å²) in [5, 5.41) is 3.36. The maximum Gasteiger partial charge on any atom is 0.140 e. The Bertz CT molecular complexity index is 231. The summed E-state index contributed by atoms with van der Waals surface area (Å²) in [6, 6.07) is 0. The fourth-order valence-electron chi connectivity index (χ4n) is 2.84. The smallest absolute Gasteiger partial charge is 0.140 e. The van der Waals surface area contributed by atoms with Crippen LogP contribution in [-0.4, -0.2) is 18.9 Å². The Morgan fingerprint density at radius 1 is 1.11 bits per heavy atom. The van der Waals surface area contributed by atoms with E-state index in [0.717, 1.165) is 38.8 Å². The monoisotopic (exact) mass is 253 g/mol. The Hall–Kier alpha value is -0.370. The summed E-state index contributed by atoms with van der Waals surface area (Å²) >= 11 is 0. The van der Waals surface area contributed by atoms with Gasteiger partial charge in [0.1, 0.15) is 5.78 Å². The van der Waals surface area contributed by atoms with Crippen LogP contribution in [0.5, 0.6) is 0 Å². The van der Waals surface area contributed by atoms with Gasteiger partial charge in [-0.3, -0.25) is 4.79 Å². The molecule has 0 aromatic rings. The van der Waals surface area contributed by atoms with Gasteiger partial charge in [0.05, 0.1) is 0 Å². The molecule has 0 aromatic carbocycles. The van der Waals surface area contributed by atoms with Gasteiger partial charge in [0.25, 0.3) is 0 Å². The van der Waals surface area contributed by atoms with Crippen LogP contribution in [0.1, 0.15) is 78.1 Å². The van der Waals surface area contributed by atoms with Crippen molar-refractivity contribution in [1.29, 1.82) is 0 Å². The fraction of sp³-hybridized carbons (Fsp3) is 0.938. The van der Waals surface area contributed by atoms with E-state index in [1.807, 2.05) is 0 Å². The number of unbranched alkanes of at least 4 members (excludes halogenated alkanes) is 6. The Balaban J connectivity index is 2.05. The predicted molar refractivity (Wildman–Crippen MR) is 77.8 cm³/mol. The molecule has 2 heteroatoms. The quantitative estimate of drug-likeness (QED) is 0.627. The first kappa shape index (κ1) is 15.7. The molecule has 1 unspecified atom stereocenters. The van der Waals surface area contributed by atoms with Crippen LogP contribution in [0.2, 0.25) is 0 Å². The second-order valence-corrected chi connectivity index (χ2v) is 6.14. The molecule has 1 fully saturated rings. The molecule has 106 valence electrons. The van der Waals surface area contributed by atoms with Crippen molar-refractivity contribution in [3.8, 4) is 0 Å². The van der Waals surface area contributed by atoms with Gasteiger partial charge in [-0.1, -0.05) is 52.4 Å². The van der Waals surface area contributed by atoms with E-state index in [1.165, 1.54) is 38.5 Å². The molecular formula is C16H31NO. The van der Waals surface area contributed by atoms with Gasteiger partial charge in [-0.05, 0) is 25.8 Å². The molecule has 0 saturated carbocycles. The number of carbonyl (C=O) groups is 1. The number of hydrogen-bond acceptors (Lipinski definition) is 2. The maximum absolute atomic E-state index is 12.2. The molecule has 1 heterocycles. The van der Waals surface area contributed by atoms with Gasteiger partial charge in [0.15, 0.2) is 0 Å². The zero-order chi connectivity index (χ0) is 13.3. The first-order chi connectivity index (χ1) is 8.69. The van der Waals surface area contributed by atoms with Crippen LogP contribution in [0, 0.1) is 5.41 Å². The third-order valence-corrected chi connectivity index (χ3v) is 4.28. The molecular weight excluding hydrogens is 222 g/mol. The van der Waals surface area contributed by atoms with E-state index in [2.05, 4.69) is 19.2 Å². The summed E-state index contributed by atoms with van der Waals surface area (Å²) in [5.74, 6) is 0.489. The van der Waals surface area contributed by atoms with Crippen LogP contribution in [0.25, 0.3) is 0 Å². The minimum Gasteiger partial charge on any atom is -0.316 e. The largest absolute Gasteiger partial charge is 0.316 e. The summed E-state index contributed by atoms with van der Waals surface area (Å²) in [4.78, 5) is 12.2. The highest BCUT2D eigenvalue weighted by atomic mass is 16.1. The molecule has 2 nitrogen and oxygen atoms in total. The summed E-state index contributed by atoms with van der Waals surface area (Å²) in [6.45, 7) is 6.36. The van der Waals surface area contributed by atoms with E-state index in [-0.39, 0.29) is 5.41 Å². The van der Waals surface area contributed by atoms with E-state index < -0.39 is 0 Å². The van der Waals surface area contributed by atoms with Crippen LogP contribution in [0.4, 0.5) is 0 Å². The second kappa shape index (κ2) is 8.68. The lowest BCUT2D eigenvalue weighted by Gasteiger charge is -2.32. The first-order valence-corrected chi connectivity index (χ1v) is 7.93. The van der Waals surface area contributed by atoms with Crippen molar-refractivity contribution in [2.75, 3.05) is 13.1 Å². The average Bonchev–Trinajstić information content (AvgIpc) is 2.38. The van der Waals surface area contributed by atoms with E-state index in [4.69, 9.17) is 0 Å². The minimum atomic E-state index is -0.0690. The highest BCUT2D eigenvalue weighted by Crippen LogP contribution is 2.28. The van der Waals surface area contributed by atoms with Crippen molar-refractivity contribution in [1.82, 2.24) is 5.32 Å². The van der Waals surface area contributed by atoms with Gasteiger partial charge in [-0.2, -0.15) is 0 Å². The zero-order valence-electron chi connectivity index (χ0n) is 12.4. The fourth-order valence-corrected chi connectivity index (χ4v) is 2.84. The molecule has 0 aliphatic carbocycles. The van der Waals surface area contributed by atoms with Gasteiger partial charge in [-0.25, -0.2) is 0 Å². The lowest BCUT2D eigenvalue weighted by Crippen LogP contribution is -2.43. The molecule has 18 heavy (non-hydrogen) atoms. The van der Waals surface area contributed by atoms with Gasteiger partial charge in [0.2, 0.25) is 0 Å². The lowest BCUT2D eigenvalue weighted by atomic mass is 9.77. The molecule has 1 aliphatic rings. The van der Waals surface area contributed by atoms with Crippen molar-refractivity contribution in [3.05, 3.63) is 0 Å². The number of rotatable bonds is 9. The molecule has 1 aliphatic heterocycles. The number of carbonyl (C=O) groups excluding carboxylic acids is 1.